The van der Waals surface area contributed by atoms with Gasteiger partial charge < -0.3 is 14.2 Å². The van der Waals surface area contributed by atoms with Gasteiger partial charge >= 0.3 is 5.97 Å². The van der Waals surface area contributed by atoms with Crippen LogP contribution in [0, 0.1) is 10.1 Å². The molecule has 2 aromatic carbocycles. The predicted molar refractivity (Wildman–Crippen MR) is 101 cm³/mol. The molecule has 0 aliphatic rings. The minimum absolute atomic E-state index is 0.0172. The van der Waals surface area contributed by atoms with Gasteiger partial charge in [0.25, 0.3) is 5.69 Å². The number of non-ortho nitro benzene ring substituents is 1. The van der Waals surface area contributed by atoms with E-state index >= 15 is 0 Å². The molecule has 8 heteroatoms. The minimum atomic E-state index is -0.503. The fourth-order valence-electron chi connectivity index (χ4n) is 2.71. The number of ketones is 1. The van der Waals surface area contributed by atoms with Gasteiger partial charge in [0.15, 0.2) is 17.3 Å². The topological polar surface area (TPSA) is 105 Å². The normalized spacial score (nSPS) is 10.2. The lowest BCUT2D eigenvalue weighted by atomic mass is 9.96. The van der Waals surface area contributed by atoms with Crippen LogP contribution in [0.5, 0.6) is 11.5 Å². The number of rotatable bonds is 9. The van der Waals surface area contributed by atoms with E-state index in [2.05, 4.69) is 0 Å². The summed E-state index contributed by atoms with van der Waals surface area (Å²) in [5.74, 6) is 0.0454. The van der Waals surface area contributed by atoms with E-state index < -0.39 is 10.9 Å². The maximum atomic E-state index is 12.9. The van der Waals surface area contributed by atoms with Crippen molar-refractivity contribution in [3.8, 4) is 11.5 Å². The highest BCUT2D eigenvalue weighted by molar-refractivity contribution is 6.00. The summed E-state index contributed by atoms with van der Waals surface area (Å²) in [4.78, 5) is 35.1. The van der Waals surface area contributed by atoms with Crippen molar-refractivity contribution in [1.29, 1.82) is 0 Å². The molecule has 28 heavy (non-hydrogen) atoms. The van der Waals surface area contributed by atoms with Crippen LogP contribution < -0.4 is 9.47 Å². The zero-order valence-electron chi connectivity index (χ0n) is 15.9. The van der Waals surface area contributed by atoms with Crippen LogP contribution in [0.1, 0.15) is 28.4 Å². The fraction of sp³-hybridized carbons (Fsp3) is 0.300. The quantitative estimate of drug-likeness (QED) is 0.282. The first kappa shape index (κ1) is 20.9. The van der Waals surface area contributed by atoms with Crippen LogP contribution >= 0.6 is 0 Å². The molecule has 0 heterocycles. The molecular weight excluding hydrogens is 366 g/mol. The van der Waals surface area contributed by atoms with Gasteiger partial charge in [-0.25, -0.2) is 0 Å². The highest BCUT2D eigenvalue weighted by atomic mass is 16.6. The van der Waals surface area contributed by atoms with E-state index in [1.54, 1.807) is 13.0 Å². The molecule has 0 saturated carbocycles. The van der Waals surface area contributed by atoms with E-state index in [1.807, 2.05) is 0 Å². The van der Waals surface area contributed by atoms with Crippen LogP contribution in [0.4, 0.5) is 5.69 Å². The molecule has 0 atom stereocenters. The molecule has 0 amide bonds. The number of Topliss-reactive ketones (excluding diaryl/α,β-unsaturated/α-hetero) is 1. The Hall–Kier alpha value is -3.42. The van der Waals surface area contributed by atoms with E-state index in [1.165, 1.54) is 44.6 Å². The van der Waals surface area contributed by atoms with Gasteiger partial charge in [0, 0.05) is 24.1 Å². The second-order valence-corrected chi connectivity index (χ2v) is 5.87. The molecule has 2 rings (SSSR count). The summed E-state index contributed by atoms with van der Waals surface area (Å²) in [7, 11) is 2.91. The van der Waals surface area contributed by atoms with Crippen molar-refractivity contribution in [3.05, 3.63) is 63.2 Å². The molecule has 0 aromatic heterocycles. The number of nitrogens with zero attached hydrogens (tertiary/aromatic N) is 1. The van der Waals surface area contributed by atoms with Crippen molar-refractivity contribution in [2.45, 2.75) is 19.8 Å². The smallest absolute Gasteiger partial charge is 0.310 e. The maximum absolute atomic E-state index is 12.9. The van der Waals surface area contributed by atoms with E-state index in [4.69, 9.17) is 14.2 Å². The predicted octanol–water partition coefficient (Wildman–Crippen LogP) is 3.14. The Morgan fingerprint density at radius 2 is 1.61 bits per heavy atom. The second kappa shape index (κ2) is 9.50. The van der Waals surface area contributed by atoms with Gasteiger partial charge in [-0.1, -0.05) is 12.1 Å². The number of nitro groups is 1. The standard InChI is InChI=1S/C20H21NO7/c1-4-28-20(23)11-14-10-18(26-2)19(27-3)12-16(14)17(22)9-13-5-7-15(8-6-13)21(24)25/h5-8,10,12H,4,9,11H2,1-3H3. The lowest BCUT2D eigenvalue weighted by molar-refractivity contribution is -0.384. The van der Waals surface area contributed by atoms with Crippen LogP contribution in [-0.2, 0) is 22.4 Å². The molecule has 148 valence electrons. The summed E-state index contributed by atoms with van der Waals surface area (Å²) in [6.07, 6.45) is -0.0706. The molecule has 8 nitrogen and oxygen atoms in total. The van der Waals surface area contributed by atoms with E-state index in [-0.39, 0.29) is 30.9 Å². The Morgan fingerprint density at radius 3 is 2.14 bits per heavy atom. The summed E-state index contributed by atoms with van der Waals surface area (Å²) >= 11 is 0. The number of nitro benzene ring substituents is 1. The van der Waals surface area contributed by atoms with Crippen molar-refractivity contribution in [1.82, 2.24) is 0 Å². The van der Waals surface area contributed by atoms with Crippen LogP contribution in [0.15, 0.2) is 36.4 Å². The van der Waals surface area contributed by atoms with Crippen LogP contribution in [0.25, 0.3) is 0 Å². The van der Waals surface area contributed by atoms with Gasteiger partial charge in [-0.2, -0.15) is 0 Å². The third-order valence-corrected chi connectivity index (χ3v) is 4.06. The minimum Gasteiger partial charge on any atom is -0.493 e. The molecule has 0 aliphatic heterocycles. The third kappa shape index (κ3) is 5.06. The first-order chi connectivity index (χ1) is 13.4. The fourth-order valence-corrected chi connectivity index (χ4v) is 2.71. The van der Waals surface area contributed by atoms with Crippen molar-refractivity contribution in [2.24, 2.45) is 0 Å². The van der Waals surface area contributed by atoms with Crippen LogP contribution in [-0.4, -0.2) is 37.5 Å². The van der Waals surface area contributed by atoms with E-state index in [0.29, 0.717) is 28.2 Å². The molecule has 0 fully saturated rings. The van der Waals surface area contributed by atoms with Crippen molar-refractivity contribution in [2.75, 3.05) is 20.8 Å². The average Bonchev–Trinajstić information content (AvgIpc) is 2.68. The third-order valence-electron chi connectivity index (χ3n) is 4.06. The van der Waals surface area contributed by atoms with Gasteiger partial charge in [-0.3, -0.25) is 19.7 Å². The molecule has 0 bridgehead atoms. The number of hydrogen-bond donors (Lipinski definition) is 0. The van der Waals surface area contributed by atoms with Crippen molar-refractivity contribution >= 4 is 17.4 Å². The number of carbonyl (C=O) groups excluding carboxylic acids is 2. The highest BCUT2D eigenvalue weighted by Gasteiger charge is 2.20. The van der Waals surface area contributed by atoms with Gasteiger partial charge in [0.05, 0.1) is 32.2 Å². The van der Waals surface area contributed by atoms with Gasteiger partial charge in [0.1, 0.15) is 0 Å². The monoisotopic (exact) mass is 387 g/mol. The van der Waals surface area contributed by atoms with E-state index in [0.717, 1.165) is 0 Å². The van der Waals surface area contributed by atoms with Crippen LogP contribution in [0.3, 0.4) is 0 Å². The Morgan fingerprint density at radius 1 is 1.00 bits per heavy atom. The Balaban J connectivity index is 2.35. The SMILES string of the molecule is CCOC(=O)Cc1cc(OC)c(OC)cc1C(=O)Cc1ccc([N+](=O)[O-])cc1. The molecule has 0 N–H and O–H groups in total. The zero-order chi connectivity index (χ0) is 20.7. The number of esters is 1. The number of carbonyl (C=O) groups is 2. The van der Waals surface area contributed by atoms with Gasteiger partial charge in [-0.05, 0) is 30.2 Å². The molecule has 0 radical (unpaired) electrons. The Kier molecular flexibility index (Phi) is 7.08. The summed E-state index contributed by atoms with van der Waals surface area (Å²) in [6.45, 7) is 1.94. The van der Waals surface area contributed by atoms with Gasteiger partial charge in [0.2, 0.25) is 0 Å². The summed E-state index contributed by atoms with van der Waals surface area (Å²) in [5, 5.41) is 10.8. The van der Waals surface area contributed by atoms with Gasteiger partial charge in [-0.15, -0.1) is 0 Å². The lowest BCUT2D eigenvalue weighted by Crippen LogP contribution is -2.13. The summed E-state index contributed by atoms with van der Waals surface area (Å²) in [6, 6.07) is 8.86. The molecule has 2 aromatic rings. The average molecular weight is 387 g/mol. The lowest BCUT2D eigenvalue weighted by Gasteiger charge is -2.14. The number of hydrogen-bond acceptors (Lipinski definition) is 7. The number of methoxy groups -OCH3 is 2. The van der Waals surface area contributed by atoms with Crippen molar-refractivity contribution in [3.63, 3.8) is 0 Å². The first-order valence-corrected chi connectivity index (χ1v) is 8.56. The Bertz CT molecular complexity index is 875. The molecule has 0 saturated heterocycles. The first-order valence-electron chi connectivity index (χ1n) is 8.56. The maximum Gasteiger partial charge on any atom is 0.310 e. The van der Waals surface area contributed by atoms with E-state index in [9.17, 15) is 19.7 Å². The number of ether oxygens (including phenoxy) is 3. The molecular formula is C20H21NO7. The second-order valence-electron chi connectivity index (χ2n) is 5.87. The van der Waals surface area contributed by atoms with Crippen molar-refractivity contribution < 1.29 is 28.7 Å². The van der Waals surface area contributed by atoms with Crippen LogP contribution in [0.2, 0.25) is 0 Å². The molecule has 0 aliphatic carbocycles. The molecule has 0 unspecified atom stereocenters. The Labute approximate surface area is 162 Å². The summed E-state index contributed by atoms with van der Waals surface area (Å²) < 4.78 is 15.5. The zero-order valence-corrected chi connectivity index (χ0v) is 15.9. The molecule has 0 spiro atoms. The number of benzene rings is 2. The largest absolute Gasteiger partial charge is 0.493 e. The summed E-state index contributed by atoms with van der Waals surface area (Å²) in [5.41, 5.74) is 1.34. The highest BCUT2D eigenvalue weighted by Crippen LogP contribution is 2.32.